The van der Waals surface area contributed by atoms with Crippen molar-refractivity contribution in [3.8, 4) is 0 Å². The molecule has 1 N–H and O–H groups in total. The predicted octanol–water partition coefficient (Wildman–Crippen LogP) is 1.89. The summed E-state index contributed by atoms with van der Waals surface area (Å²) >= 11 is 0. The first-order chi connectivity index (χ1) is 12.3. The third kappa shape index (κ3) is 3.27. The molecule has 1 saturated heterocycles. The van der Waals surface area contributed by atoms with Crippen molar-refractivity contribution in [1.29, 1.82) is 0 Å². The van der Waals surface area contributed by atoms with Crippen molar-refractivity contribution in [1.82, 2.24) is 9.80 Å². The van der Waals surface area contributed by atoms with Crippen molar-refractivity contribution in [2.45, 2.75) is 25.7 Å². The standard InChI is InChI=1S/C18H20F2N2O4/c19-12-3-1-4-13(20)15(12)16(24)22-9-7-21(8-10-22)14(23)11-18(17(25)26)5-2-6-18/h1,3-4H,2,5-11H2,(H,25,26). The van der Waals surface area contributed by atoms with Gasteiger partial charge in [0.25, 0.3) is 5.91 Å². The summed E-state index contributed by atoms with van der Waals surface area (Å²) < 4.78 is 27.5. The molecule has 26 heavy (non-hydrogen) atoms. The minimum atomic E-state index is -0.958. The van der Waals surface area contributed by atoms with Crippen molar-refractivity contribution >= 4 is 17.8 Å². The van der Waals surface area contributed by atoms with Gasteiger partial charge in [0.15, 0.2) is 0 Å². The monoisotopic (exact) mass is 366 g/mol. The highest BCUT2D eigenvalue weighted by atomic mass is 19.1. The van der Waals surface area contributed by atoms with Crippen LogP contribution in [0.2, 0.25) is 0 Å². The smallest absolute Gasteiger partial charge is 0.310 e. The largest absolute Gasteiger partial charge is 0.481 e. The van der Waals surface area contributed by atoms with Gasteiger partial charge in [0.05, 0.1) is 5.41 Å². The summed E-state index contributed by atoms with van der Waals surface area (Å²) in [7, 11) is 0. The van der Waals surface area contributed by atoms with Crippen LogP contribution in [0.5, 0.6) is 0 Å². The molecule has 1 heterocycles. The lowest BCUT2D eigenvalue weighted by molar-refractivity contribution is -0.159. The fourth-order valence-corrected chi connectivity index (χ4v) is 3.49. The molecule has 0 bridgehead atoms. The van der Waals surface area contributed by atoms with Crippen LogP contribution in [-0.2, 0) is 9.59 Å². The zero-order chi connectivity index (χ0) is 18.9. The maximum absolute atomic E-state index is 13.8. The van der Waals surface area contributed by atoms with E-state index in [-0.39, 0.29) is 38.5 Å². The van der Waals surface area contributed by atoms with Crippen LogP contribution in [-0.4, -0.2) is 58.9 Å². The maximum Gasteiger partial charge on any atom is 0.310 e. The third-order valence-corrected chi connectivity index (χ3v) is 5.35. The second kappa shape index (κ2) is 7.01. The zero-order valence-electron chi connectivity index (χ0n) is 14.2. The third-order valence-electron chi connectivity index (χ3n) is 5.35. The van der Waals surface area contributed by atoms with E-state index in [0.717, 1.165) is 18.6 Å². The molecule has 1 aromatic rings. The lowest BCUT2D eigenvalue weighted by Gasteiger charge is -2.40. The molecule has 8 heteroatoms. The molecule has 0 aromatic heterocycles. The highest BCUT2D eigenvalue weighted by Gasteiger charge is 2.46. The van der Waals surface area contributed by atoms with Gasteiger partial charge in [0.2, 0.25) is 5.91 Å². The fourth-order valence-electron chi connectivity index (χ4n) is 3.49. The molecule has 1 aliphatic carbocycles. The van der Waals surface area contributed by atoms with Crippen LogP contribution >= 0.6 is 0 Å². The number of carbonyl (C=O) groups is 3. The predicted molar refractivity (Wildman–Crippen MR) is 87.4 cm³/mol. The van der Waals surface area contributed by atoms with Gasteiger partial charge in [0.1, 0.15) is 17.2 Å². The molecular formula is C18H20F2N2O4. The van der Waals surface area contributed by atoms with E-state index in [1.807, 2.05) is 0 Å². The Morgan fingerprint density at radius 1 is 1.00 bits per heavy atom. The first-order valence-corrected chi connectivity index (χ1v) is 8.58. The summed E-state index contributed by atoms with van der Waals surface area (Å²) in [6.07, 6.45) is 1.76. The lowest BCUT2D eigenvalue weighted by Crippen LogP contribution is -2.52. The lowest BCUT2D eigenvalue weighted by atomic mass is 9.66. The van der Waals surface area contributed by atoms with Crippen LogP contribution in [0.25, 0.3) is 0 Å². The van der Waals surface area contributed by atoms with Crippen molar-refractivity contribution in [2.75, 3.05) is 26.2 Å². The van der Waals surface area contributed by atoms with E-state index in [2.05, 4.69) is 0 Å². The van der Waals surface area contributed by atoms with Crippen molar-refractivity contribution in [2.24, 2.45) is 5.41 Å². The molecular weight excluding hydrogens is 346 g/mol. The fraction of sp³-hybridized carbons (Fsp3) is 0.500. The number of halogens is 2. The molecule has 3 rings (SSSR count). The van der Waals surface area contributed by atoms with Gasteiger partial charge in [-0.3, -0.25) is 14.4 Å². The topological polar surface area (TPSA) is 77.9 Å². The molecule has 2 aliphatic rings. The molecule has 0 unspecified atom stereocenters. The summed E-state index contributed by atoms with van der Waals surface area (Å²) in [5, 5.41) is 9.33. The Morgan fingerprint density at radius 3 is 2.00 bits per heavy atom. The molecule has 0 spiro atoms. The van der Waals surface area contributed by atoms with E-state index in [0.29, 0.717) is 12.8 Å². The molecule has 6 nitrogen and oxygen atoms in total. The maximum atomic E-state index is 13.8. The van der Waals surface area contributed by atoms with Crippen LogP contribution in [0.15, 0.2) is 18.2 Å². The Bertz CT molecular complexity index is 720. The van der Waals surface area contributed by atoms with Crippen molar-refractivity contribution in [3.63, 3.8) is 0 Å². The van der Waals surface area contributed by atoms with Gasteiger partial charge in [-0.15, -0.1) is 0 Å². The summed E-state index contributed by atoms with van der Waals surface area (Å²) in [6, 6.07) is 3.25. The Kier molecular flexibility index (Phi) is 4.93. The van der Waals surface area contributed by atoms with E-state index in [9.17, 15) is 28.3 Å². The first-order valence-electron chi connectivity index (χ1n) is 8.58. The van der Waals surface area contributed by atoms with E-state index in [1.54, 1.807) is 0 Å². The van der Waals surface area contributed by atoms with E-state index >= 15 is 0 Å². The summed E-state index contributed by atoms with van der Waals surface area (Å²) in [4.78, 5) is 39.0. The van der Waals surface area contributed by atoms with Crippen LogP contribution in [0, 0.1) is 17.0 Å². The van der Waals surface area contributed by atoms with Gasteiger partial charge >= 0.3 is 5.97 Å². The Balaban J connectivity index is 1.60. The second-order valence-electron chi connectivity index (χ2n) is 6.89. The average Bonchev–Trinajstić information content (AvgIpc) is 2.57. The van der Waals surface area contributed by atoms with Gasteiger partial charge < -0.3 is 14.9 Å². The van der Waals surface area contributed by atoms with Gasteiger partial charge in [-0.1, -0.05) is 12.5 Å². The zero-order valence-corrected chi connectivity index (χ0v) is 14.2. The normalized spacial score (nSPS) is 19.0. The van der Waals surface area contributed by atoms with Gasteiger partial charge in [-0.2, -0.15) is 0 Å². The molecule has 1 saturated carbocycles. The summed E-state index contributed by atoms with van der Waals surface area (Å²) in [6.45, 7) is 0.740. The molecule has 2 amide bonds. The number of rotatable bonds is 4. The number of benzene rings is 1. The number of piperazine rings is 1. The molecule has 1 aromatic carbocycles. The van der Waals surface area contributed by atoms with E-state index in [1.165, 1.54) is 15.9 Å². The van der Waals surface area contributed by atoms with Crippen molar-refractivity contribution < 1.29 is 28.3 Å². The first kappa shape index (κ1) is 18.3. The SMILES string of the molecule is O=C(CC1(C(=O)O)CCC1)N1CCN(C(=O)c2c(F)cccc2F)CC1. The highest BCUT2D eigenvalue weighted by Crippen LogP contribution is 2.44. The number of carbonyl (C=O) groups excluding carboxylic acids is 2. The van der Waals surface area contributed by atoms with Crippen LogP contribution in [0.4, 0.5) is 8.78 Å². The average molecular weight is 366 g/mol. The second-order valence-corrected chi connectivity index (χ2v) is 6.89. The van der Waals surface area contributed by atoms with Gasteiger partial charge in [-0.25, -0.2) is 8.78 Å². The summed E-state index contributed by atoms with van der Waals surface area (Å²) in [5.74, 6) is -3.77. The van der Waals surface area contributed by atoms with E-state index in [4.69, 9.17) is 0 Å². The molecule has 1 aliphatic heterocycles. The van der Waals surface area contributed by atoms with Crippen molar-refractivity contribution in [3.05, 3.63) is 35.4 Å². The van der Waals surface area contributed by atoms with Gasteiger partial charge in [0, 0.05) is 32.6 Å². The molecule has 140 valence electrons. The van der Waals surface area contributed by atoms with Gasteiger partial charge in [-0.05, 0) is 25.0 Å². The van der Waals surface area contributed by atoms with Crippen LogP contribution in [0.3, 0.4) is 0 Å². The Morgan fingerprint density at radius 2 is 1.54 bits per heavy atom. The molecule has 0 radical (unpaired) electrons. The number of carboxylic acids is 1. The summed E-state index contributed by atoms with van der Waals surface area (Å²) in [5.41, 5.74) is -1.55. The minimum absolute atomic E-state index is 0.0434. The minimum Gasteiger partial charge on any atom is -0.481 e. The quantitative estimate of drug-likeness (QED) is 0.883. The number of aliphatic carboxylic acids is 1. The number of hydrogen-bond acceptors (Lipinski definition) is 3. The van der Waals surface area contributed by atoms with E-state index < -0.39 is 34.5 Å². The molecule has 2 fully saturated rings. The number of carboxylic acid groups (broad SMARTS) is 1. The highest BCUT2D eigenvalue weighted by molar-refractivity contribution is 5.95. The number of hydrogen-bond donors (Lipinski definition) is 1. The number of nitrogens with zero attached hydrogens (tertiary/aromatic N) is 2. The molecule has 0 atom stereocenters. The number of amides is 2. The Hall–Kier alpha value is -2.51. The Labute approximate surface area is 149 Å². The van der Waals surface area contributed by atoms with Crippen LogP contribution < -0.4 is 0 Å². The van der Waals surface area contributed by atoms with Crippen LogP contribution in [0.1, 0.15) is 36.0 Å².